The van der Waals surface area contributed by atoms with Crippen LogP contribution in [0.4, 0.5) is 11.5 Å². The molecule has 1 aliphatic heterocycles. The van der Waals surface area contributed by atoms with E-state index >= 15 is 0 Å². The zero-order chi connectivity index (χ0) is 19.8. The van der Waals surface area contributed by atoms with Crippen LogP contribution in [0, 0.1) is 0 Å². The number of hydrogen-bond acceptors (Lipinski definition) is 6. The van der Waals surface area contributed by atoms with Gasteiger partial charge in [0.1, 0.15) is 10.7 Å². The van der Waals surface area contributed by atoms with E-state index in [-0.39, 0.29) is 4.90 Å². The fourth-order valence-corrected chi connectivity index (χ4v) is 4.61. The second-order valence-electron chi connectivity index (χ2n) is 6.62. The summed E-state index contributed by atoms with van der Waals surface area (Å²) in [5, 5.41) is 3.26. The minimum Gasteiger partial charge on any atom is -0.379 e. The number of nitrogens with one attached hydrogen (secondary N) is 1. The van der Waals surface area contributed by atoms with Crippen LogP contribution in [0.5, 0.6) is 0 Å². The van der Waals surface area contributed by atoms with Gasteiger partial charge in [0.05, 0.1) is 18.9 Å². The van der Waals surface area contributed by atoms with Crippen LogP contribution in [0.3, 0.4) is 0 Å². The minimum absolute atomic E-state index is 0.192. The summed E-state index contributed by atoms with van der Waals surface area (Å²) in [5.74, 6) is 0.684. The molecule has 0 unspecified atom stereocenters. The van der Waals surface area contributed by atoms with Gasteiger partial charge in [0.15, 0.2) is 0 Å². The smallest absolute Gasteiger partial charge is 0.265 e. The Morgan fingerprint density at radius 2 is 1.89 bits per heavy atom. The van der Waals surface area contributed by atoms with Gasteiger partial charge in [-0.2, -0.15) is 0 Å². The Morgan fingerprint density at radius 1 is 1.14 bits per heavy atom. The lowest BCUT2D eigenvalue weighted by Crippen LogP contribution is -2.37. The van der Waals surface area contributed by atoms with E-state index in [1.165, 1.54) is 10.5 Å². The molecular formula is C20H28N4O3S. The Bertz CT molecular complexity index is 822. The predicted molar refractivity (Wildman–Crippen MR) is 111 cm³/mol. The zero-order valence-corrected chi connectivity index (χ0v) is 17.1. The van der Waals surface area contributed by atoms with Gasteiger partial charge in [-0.3, -0.25) is 9.21 Å². The second-order valence-corrected chi connectivity index (χ2v) is 8.48. The lowest BCUT2D eigenvalue weighted by atomic mass is 10.3. The van der Waals surface area contributed by atoms with E-state index in [0.717, 1.165) is 45.8 Å². The van der Waals surface area contributed by atoms with Crippen molar-refractivity contribution >= 4 is 21.5 Å². The number of rotatable bonds is 9. The summed E-state index contributed by atoms with van der Waals surface area (Å²) in [6.07, 6.45) is 2.42. The number of benzene rings is 1. The average Bonchev–Trinajstić information content (AvgIpc) is 2.73. The molecule has 2 aromatic rings. The lowest BCUT2D eigenvalue weighted by molar-refractivity contribution is 0.0378. The molecule has 0 aliphatic carbocycles. The normalized spacial score (nSPS) is 15.3. The highest BCUT2D eigenvalue weighted by atomic mass is 32.2. The fourth-order valence-electron chi connectivity index (χ4n) is 3.19. The maximum Gasteiger partial charge on any atom is 0.265 e. The summed E-state index contributed by atoms with van der Waals surface area (Å²) >= 11 is 0. The number of ether oxygens (including phenoxy) is 1. The van der Waals surface area contributed by atoms with Crippen LogP contribution < -0.4 is 9.62 Å². The maximum absolute atomic E-state index is 13.0. The summed E-state index contributed by atoms with van der Waals surface area (Å²) in [4.78, 5) is 6.87. The number of nitrogens with zero attached hydrogens (tertiary/aromatic N) is 3. The van der Waals surface area contributed by atoms with Gasteiger partial charge in [-0.25, -0.2) is 13.4 Å². The van der Waals surface area contributed by atoms with Crippen molar-refractivity contribution in [2.45, 2.75) is 18.2 Å². The Balaban J connectivity index is 1.56. The van der Waals surface area contributed by atoms with Gasteiger partial charge in [0.2, 0.25) is 0 Å². The van der Waals surface area contributed by atoms with E-state index in [0.29, 0.717) is 18.1 Å². The fraction of sp³-hybridized carbons (Fsp3) is 0.450. The first-order valence-electron chi connectivity index (χ1n) is 9.69. The molecule has 1 saturated heterocycles. The molecule has 28 heavy (non-hydrogen) atoms. The van der Waals surface area contributed by atoms with Crippen molar-refractivity contribution in [1.29, 1.82) is 0 Å². The van der Waals surface area contributed by atoms with E-state index in [9.17, 15) is 8.42 Å². The molecule has 1 aromatic heterocycles. The van der Waals surface area contributed by atoms with Crippen LogP contribution >= 0.6 is 0 Å². The van der Waals surface area contributed by atoms with Crippen molar-refractivity contribution in [1.82, 2.24) is 9.88 Å². The largest absolute Gasteiger partial charge is 0.379 e. The molecule has 3 rings (SSSR count). The van der Waals surface area contributed by atoms with E-state index in [1.54, 1.807) is 24.3 Å². The number of anilines is 2. The van der Waals surface area contributed by atoms with Gasteiger partial charge in [0.25, 0.3) is 10.0 Å². The van der Waals surface area contributed by atoms with Gasteiger partial charge < -0.3 is 10.1 Å². The van der Waals surface area contributed by atoms with Crippen LogP contribution in [0.25, 0.3) is 0 Å². The summed E-state index contributed by atoms with van der Waals surface area (Å²) in [6, 6.07) is 12.4. The van der Waals surface area contributed by atoms with Crippen molar-refractivity contribution in [2.24, 2.45) is 0 Å². The Kier molecular flexibility index (Phi) is 7.24. The number of aromatic nitrogens is 1. The standard InChI is InChI=1S/C20H28N4O3S/c1-2-24(18-7-4-3-5-8-18)28(25,26)19-9-10-20(22-17-19)21-11-6-12-23-13-15-27-16-14-23/h3-5,7-10,17H,2,6,11-16H2,1H3,(H,21,22). The third-order valence-corrected chi connectivity index (χ3v) is 6.60. The molecule has 0 spiro atoms. The zero-order valence-electron chi connectivity index (χ0n) is 16.3. The van der Waals surface area contributed by atoms with Gasteiger partial charge in [0, 0.05) is 32.4 Å². The third kappa shape index (κ3) is 5.21. The Labute approximate surface area is 167 Å². The van der Waals surface area contributed by atoms with Crippen molar-refractivity contribution in [2.75, 3.05) is 55.6 Å². The van der Waals surface area contributed by atoms with Gasteiger partial charge in [-0.05, 0) is 44.2 Å². The molecule has 1 aromatic carbocycles. The molecule has 2 heterocycles. The third-order valence-electron chi connectivity index (χ3n) is 4.72. The first-order chi connectivity index (χ1) is 13.6. The van der Waals surface area contributed by atoms with E-state index in [4.69, 9.17) is 4.74 Å². The van der Waals surface area contributed by atoms with Crippen molar-refractivity contribution in [3.63, 3.8) is 0 Å². The number of para-hydroxylation sites is 1. The molecule has 152 valence electrons. The average molecular weight is 405 g/mol. The topological polar surface area (TPSA) is 74.8 Å². The second kappa shape index (κ2) is 9.86. The van der Waals surface area contributed by atoms with Crippen LogP contribution in [-0.4, -0.2) is 64.2 Å². The molecule has 1 fully saturated rings. The van der Waals surface area contributed by atoms with Gasteiger partial charge in [-0.1, -0.05) is 18.2 Å². The van der Waals surface area contributed by atoms with Crippen molar-refractivity contribution in [3.8, 4) is 0 Å². The van der Waals surface area contributed by atoms with E-state index in [1.807, 2.05) is 25.1 Å². The molecular weight excluding hydrogens is 376 g/mol. The highest BCUT2D eigenvalue weighted by molar-refractivity contribution is 7.92. The minimum atomic E-state index is -3.64. The van der Waals surface area contributed by atoms with E-state index < -0.39 is 10.0 Å². The first kappa shape index (κ1) is 20.6. The first-order valence-corrected chi connectivity index (χ1v) is 11.1. The molecule has 1 N–H and O–H groups in total. The molecule has 0 atom stereocenters. The molecule has 0 saturated carbocycles. The predicted octanol–water partition coefficient (Wildman–Crippen LogP) is 2.43. The SMILES string of the molecule is CCN(c1ccccc1)S(=O)(=O)c1ccc(NCCCN2CCOCC2)nc1. The molecule has 0 amide bonds. The van der Waals surface area contributed by atoms with Crippen LogP contribution in [0.15, 0.2) is 53.6 Å². The highest BCUT2D eigenvalue weighted by Crippen LogP contribution is 2.23. The molecule has 0 radical (unpaired) electrons. The summed E-state index contributed by atoms with van der Waals surface area (Å²) in [5.41, 5.74) is 0.648. The summed E-state index contributed by atoms with van der Waals surface area (Å²) in [7, 11) is -3.64. The lowest BCUT2D eigenvalue weighted by Gasteiger charge is -2.26. The summed E-state index contributed by atoms with van der Waals surface area (Å²) in [6.45, 7) is 7.58. The van der Waals surface area contributed by atoms with Gasteiger partial charge >= 0.3 is 0 Å². The quantitative estimate of drug-likeness (QED) is 0.647. The molecule has 1 aliphatic rings. The number of pyridine rings is 1. The molecule has 7 nitrogen and oxygen atoms in total. The number of hydrogen-bond donors (Lipinski definition) is 1. The Morgan fingerprint density at radius 3 is 2.54 bits per heavy atom. The van der Waals surface area contributed by atoms with Gasteiger partial charge in [-0.15, -0.1) is 0 Å². The highest BCUT2D eigenvalue weighted by Gasteiger charge is 2.23. The van der Waals surface area contributed by atoms with Crippen molar-refractivity contribution in [3.05, 3.63) is 48.7 Å². The van der Waals surface area contributed by atoms with Crippen LogP contribution in [0.1, 0.15) is 13.3 Å². The molecule has 0 bridgehead atoms. The van der Waals surface area contributed by atoms with Crippen LogP contribution in [0.2, 0.25) is 0 Å². The summed E-state index contributed by atoms with van der Waals surface area (Å²) < 4.78 is 32.7. The monoisotopic (exact) mass is 404 g/mol. The maximum atomic E-state index is 13.0. The van der Waals surface area contributed by atoms with Crippen molar-refractivity contribution < 1.29 is 13.2 Å². The van der Waals surface area contributed by atoms with Crippen LogP contribution in [-0.2, 0) is 14.8 Å². The van der Waals surface area contributed by atoms with E-state index in [2.05, 4.69) is 15.2 Å². The number of morpholine rings is 1. The molecule has 8 heteroatoms. The number of sulfonamides is 1. The Hall–Kier alpha value is -2.16.